The Morgan fingerprint density at radius 2 is 1.67 bits per heavy atom. The summed E-state index contributed by atoms with van der Waals surface area (Å²) in [5, 5.41) is 4.10. The number of rotatable bonds is 2. The van der Waals surface area contributed by atoms with Gasteiger partial charge < -0.3 is 5.32 Å². The van der Waals surface area contributed by atoms with Crippen molar-refractivity contribution in [2.75, 3.05) is 5.32 Å². The third-order valence-electron chi connectivity index (χ3n) is 2.27. The first-order valence-electron chi connectivity index (χ1n) is 5.08. The lowest BCUT2D eigenvalue weighted by molar-refractivity contribution is 0.102. The van der Waals surface area contributed by atoms with E-state index in [-0.39, 0.29) is 5.91 Å². The van der Waals surface area contributed by atoms with Crippen LogP contribution in [0.2, 0.25) is 15.1 Å². The molecule has 0 bridgehead atoms. The number of carbonyl (C=O) groups is 1. The molecule has 0 saturated carbocycles. The van der Waals surface area contributed by atoms with Crippen LogP contribution < -0.4 is 5.32 Å². The standard InChI is InChI=1S/C13H8Cl3NO/c14-9-3-1-2-8(6-9)13(18)17-12-5-4-10(15)7-11(12)16/h1-7H,(H,17,18). The predicted molar refractivity (Wildman–Crippen MR) is 75.9 cm³/mol. The van der Waals surface area contributed by atoms with Gasteiger partial charge in [-0.1, -0.05) is 40.9 Å². The van der Waals surface area contributed by atoms with E-state index in [1.807, 2.05) is 0 Å². The molecule has 2 aromatic rings. The van der Waals surface area contributed by atoms with Gasteiger partial charge in [-0.05, 0) is 36.4 Å². The zero-order valence-electron chi connectivity index (χ0n) is 9.08. The summed E-state index contributed by atoms with van der Waals surface area (Å²) in [5.74, 6) is -0.276. The normalized spacial score (nSPS) is 10.2. The Labute approximate surface area is 119 Å². The fourth-order valence-corrected chi connectivity index (χ4v) is 2.06. The maximum Gasteiger partial charge on any atom is 0.255 e. The van der Waals surface area contributed by atoms with Gasteiger partial charge >= 0.3 is 0 Å². The molecule has 18 heavy (non-hydrogen) atoms. The van der Waals surface area contributed by atoms with Crippen molar-refractivity contribution in [2.24, 2.45) is 0 Å². The highest BCUT2D eigenvalue weighted by Crippen LogP contribution is 2.26. The molecule has 5 heteroatoms. The average Bonchev–Trinajstić information content (AvgIpc) is 2.32. The highest BCUT2D eigenvalue weighted by Gasteiger charge is 2.09. The van der Waals surface area contributed by atoms with Gasteiger partial charge in [0.15, 0.2) is 0 Å². The first-order valence-corrected chi connectivity index (χ1v) is 6.21. The largest absolute Gasteiger partial charge is 0.321 e. The number of hydrogen-bond acceptors (Lipinski definition) is 1. The minimum Gasteiger partial charge on any atom is -0.321 e. The summed E-state index contributed by atoms with van der Waals surface area (Å²) >= 11 is 17.6. The van der Waals surface area contributed by atoms with E-state index in [9.17, 15) is 4.79 Å². The van der Waals surface area contributed by atoms with Crippen molar-refractivity contribution in [3.63, 3.8) is 0 Å². The SMILES string of the molecule is O=C(Nc1ccc(Cl)cc1Cl)c1cccc(Cl)c1. The lowest BCUT2D eigenvalue weighted by atomic mass is 10.2. The molecule has 0 aliphatic heterocycles. The van der Waals surface area contributed by atoms with Gasteiger partial charge in [0, 0.05) is 15.6 Å². The first kappa shape index (κ1) is 13.2. The van der Waals surface area contributed by atoms with E-state index in [2.05, 4.69) is 5.32 Å². The molecule has 1 N–H and O–H groups in total. The quantitative estimate of drug-likeness (QED) is 0.840. The molecule has 0 fully saturated rings. The maximum absolute atomic E-state index is 11.9. The van der Waals surface area contributed by atoms with Crippen molar-refractivity contribution < 1.29 is 4.79 Å². The second-order valence-corrected chi connectivity index (χ2v) is 4.87. The zero-order chi connectivity index (χ0) is 13.1. The summed E-state index contributed by atoms with van der Waals surface area (Å²) in [4.78, 5) is 11.9. The lowest BCUT2D eigenvalue weighted by Crippen LogP contribution is -2.12. The van der Waals surface area contributed by atoms with Gasteiger partial charge in [-0.25, -0.2) is 0 Å². The second kappa shape index (κ2) is 5.61. The Morgan fingerprint density at radius 3 is 2.33 bits per heavy atom. The average molecular weight is 301 g/mol. The maximum atomic E-state index is 11.9. The number of benzene rings is 2. The van der Waals surface area contributed by atoms with Crippen molar-refractivity contribution in [3.05, 3.63) is 63.1 Å². The smallest absolute Gasteiger partial charge is 0.255 e. The van der Waals surface area contributed by atoms with Crippen LogP contribution in [0.5, 0.6) is 0 Å². The van der Waals surface area contributed by atoms with Crippen LogP contribution in [0.3, 0.4) is 0 Å². The van der Waals surface area contributed by atoms with E-state index in [0.717, 1.165) is 0 Å². The monoisotopic (exact) mass is 299 g/mol. The molecule has 2 aromatic carbocycles. The van der Waals surface area contributed by atoms with Gasteiger partial charge in [-0.3, -0.25) is 4.79 Å². The number of hydrogen-bond donors (Lipinski definition) is 1. The second-order valence-electron chi connectivity index (χ2n) is 3.59. The minimum absolute atomic E-state index is 0.276. The number of carbonyl (C=O) groups excluding carboxylic acids is 1. The number of amides is 1. The van der Waals surface area contributed by atoms with Crippen LogP contribution in [0.1, 0.15) is 10.4 Å². The molecule has 92 valence electrons. The number of nitrogens with one attached hydrogen (secondary N) is 1. The Balaban J connectivity index is 2.21. The summed E-state index contributed by atoms with van der Waals surface area (Å²) in [6.07, 6.45) is 0. The molecule has 0 aromatic heterocycles. The van der Waals surface area contributed by atoms with E-state index < -0.39 is 0 Å². The molecule has 0 aliphatic carbocycles. The third kappa shape index (κ3) is 3.16. The highest BCUT2D eigenvalue weighted by atomic mass is 35.5. The van der Waals surface area contributed by atoms with Crippen molar-refractivity contribution in [1.82, 2.24) is 0 Å². The lowest BCUT2D eigenvalue weighted by Gasteiger charge is -2.07. The zero-order valence-corrected chi connectivity index (χ0v) is 11.4. The minimum atomic E-state index is -0.276. The summed E-state index contributed by atoms with van der Waals surface area (Å²) in [7, 11) is 0. The molecule has 1 amide bonds. The molecule has 0 unspecified atom stereocenters. The fraction of sp³-hybridized carbons (Fsp3) is 0. The Bertz CT molecular complexity index is 599. The van der Waals surface area contributed by atoms with Crippen molar-refractivity contribution in [3.8, 4) is 0 Å². The fourth-order valence-electron chi connectivity index (χ4n) is 1.42. The van der Waals surface area contributed by atoms with Gasteiger partial charge in [-0.15, -0.1) is 0 Å². The summed E-state index contributed by atoms with van der Waals surface area (Å²) in [5.41, 5.74) is 0.972. The summed E-state index contributed by atoms with van der Waals surface area (Å²) in [6.45, 7) is 0. The van der Waals surface area contributed by atoms with Crippen LogP contribution in [0, 0.1) is 0 Å². The molecular weight excluding hydrogens is 293 g/mol. The molecule has 0 atom stereocenters. The van der Waals surface area contributed by atoms with Crippen molar-refractivity contribution >= 4 is 46.4 Å². The van der Waals surface area contributed by atoms with E-state index in [4.69, 9.17) is 34.8 Å². The molecule has 0 aliphatic rings. The van der Waals surface area contributed by atoms with Gasteiger partial charge in [0.05, 0.1) is 10.7 Å². The van der Waals surface area contributed by atoms with Crippen LogP contribution in [0.25, 0.3) is 0 Å². The topological polar surface area (TPSA) is 29.1 Å². The molecule has 0 spiro atoms. The summed E-state index contributed by atoms with van der Waals surface area (Å²) in [6, 6.07) is 11.5. The van der Waals surface area contributed by atoms with E-state index in [1.165, 1.54) is 0 Å². The van der Waals surface area contributed by atoms with Crippen LogP contribution in [0.15, 0.2) is 42.5 Å². The Morgan fingerprint density at radius 1 is 0.944 bits per heavy atom. The van der Waals surface area contributed by atoms with Crippen LogP contribution in [-0.4, -0.2) is 5.91 Å². The van der Waals surface area contributed by atoms with Gasteiger partial charge in [-0.2, -0.15) is 0 Å². The van der Waals surface area contributed by atoms with Gasteiger partial charge in [0.25, 0.3) is 5.91 Å². The van der Waals surface area contributed by atoms with Crippen molar-refractivity contribution in [1.29, 1.82) is 0 Å². The third-order valence-corrected chi connectivity index (χ3v) is 3.05. The Kier molecular flexibility index (Phi) is 4.12. The van der Waals surface area contributed by atoms with Gasteiger partial charge in [0.1, 0.15) is 0 Å². The van der Waals surface area contributed by atoms with Crippen LogP contribution in [-0.2, 0) is 0 Å². The predicted octanol–water partition coefficient (Wildman–Crippen LogP) is 4.90. The van der Waals surface area contributed by atoms with Crippen LogP contribution in [0.4, 0.5) is 5.69 Å². The van der Waals surface area contributed by atoms with Gasteiger partial charge in [0.2, 0.25) is 0 Å². The van der Waals surface area contributed by atoms with E-state index >= 15 is 0 Å². The summed E-state index contributed by atoms with van der Waals surface area (Å²) < 4.78 is 0. The van der Waals surface area contributed by atoms with E-state index in [0.29, 0.717) is 26.3 Å². The molecule has 0 radical (unpaired) electrons. The molecular formula is C13H8Cl3NO. The number of anilines is 1. The van der Waals surface area contributed by atoms with Crippen molar-refractivity contribution in [2.45, 2.75) is 0 Å². The Hall–Kier alpha value is -1.22. The highest BCUT2D eigenvalue weighted by molar-refractivity contribution is 6.37. The molecule has 0 saturated heterocycles. The number of halogens is 3. The molecule has 0 heterocycles. The molecule has 2 nitrogen and oxygen atoms in total. The van der Waals surface area contributed by atoms with E-state index in [1.54, 1.807) is 42.5 Å². The van der Waals surface area contributed by atoms with Crippen LogP contribution >= 0.6 is 34.8 Å². The molecule has 2 rings (SSSR count). The first-order chi connectivity index (χ1) is 8.56.